The van der Waals surface area contributed by atoms with Gasteiger partial charge in [-0.1, -0.05) is 15.9 Å². The summed E-state index contributed by atoms with van der Waals surface area (Å²) in [6.45, 7) is 11.5. The van der Waals surface area contributed by atoms with Crippen LogP contribution in [-0.2, 0) is 11.3 Å². The average Bonchev–Trinajstić information content (AvgIpc) is 2.32. The number of carbonyl (C=O) groups is 1. The molecule has 0 aliphatic heterocycles. The number of primary amides is 1. The third-order valence-corrected chi connectivity index (χ3v) is 3.60. The summed E-state index contributed by atoms with van der Waals surface area (Å²) in [4.78, 5) is 13.4. The molecule has 0 unspecified atom stereocenters. The summed E-state index contributed by atoms with van der Waals surface area (Å²) in [6.07, 6.45) is 0. The third-order valence-electron chi connectivity index (χ3n) is 3.11. The lowest BCUT2D eigenvalue weighted by molar-refractivity contribution is -0.116. The first-order valence-electron chi connectivity index (χ1n) is 7.18. The molecule has 1 aromatic carbocycles. The minimum atomic E-state index is -0.318. The molecular weight excluding hydrogens is 330 g/mol. The summed E-state index contributed by atoms with van der Waals surface area (Å²) in [5.41, 5.74) is 7.61. The molecule has 0 aromatic heterocycles. The lowest BCUT2D eigenvalue weighted by atomic mass is 10.1. The monoisotopic (exact) mass is 355 g/mol. The largest absolute Gasteiger partial charge is 0.368 e. The summed E-state index contributed by atoms with van der Waals surface area (Å²) in [5, 5.41) is 3.49. The molecule has 0 radical (unpaired) electrons. The standard InChI is InChI=1S/C16H26BrN3O/c1-11(2)20(10-15(18)21)14-7-6-13(17)8-12(14)9-19-16(3,4)5/h6-8,11,19H,9-10H2,1-5H3,(H2,18,21). The van der Waals surface area contributed by atoms with Crippen molar-refractivity contribution in [3.63, 3.8) is 0 Å². The zero-order valence-corrected chi connectivity index (χ0v) is 15.1. The maximum Gasteiger partial charge on any atom is 0.236 e. The second-order valence-corrected chi connectivity index (χ2v) is 7.48. The van der Waals surface area contributed by atoms with Crippen LogP contribution < -0.4 is 16.0 Å². The zero-order chi connectivity index (χ0) is 16.2. The minimum Gasteiger partial charge on any atom is -0.368 e. The van der Waals surface area contributed by atoms with Crippen LogP contribution in [0.25, 0.3) is 0 Å². The second kappa shape index (κ2) is 7.27. The summed E-state index contributed by atoms with van der Waals surface area (Å²) in [6, 6.07) is 6.32. The quantitative estimate of drug-likeness (QED) is 0.824. The van der Waals surface area contributed by atoms with Gasteiger partial charge in [0.25, 0.3) is 0 Å². The fourth-order valence-corrected chi connectivity index (χ4v) is 2.46. The van der Waals surface area contributed by atoms with Gasteiger partial charge in [0.1, 0.15) is 0 Å². The number of amides is 1. The van der Waals surface area contributed by atoms with E-state index in [-0.39, 0.29) is 24.0 Å². The predicted octanol–water partition coefficient (Wildman–Crippen LogP) is 3.04. The van der Waals surface area contributed by atoms with Crippen molar-refractivity contribution >= 4 is 27.5 Å². The normalized spacial score (nSPS) is 11.8. The smallest absolute Gasteiger partial charge is 0.236 e. The van der Waals surface area contributed by atoms with Gasteiger partial charge in [-0.05, 0) is 58.4 Å². The van der Waals surface area contributed by atoms with Gasteiger partial charge in [0, 0.05) is 28.3 Å². The van der Waals surface area contributed by atoms with Crippen LogP contribution >= 0.6 is 15.9 Å². The number of nitrogens with two attached hydrogens (primary N) is 1. The third kappa shape index (κ3) is 6.06. The molecule has 0 aliphatic carbocycles. The van der Waals surface area contributed by atoms with Crippen molar-refractivity contribution in [2.45, 2.75) is 52.7 Å². The zero-order valence-electron chi connectivity index (χ0n) is 13.5. The Kier molecular flexibility index (Phi) is 6.23. The summed E-state index contributed by atoms with van der Waals surface area (Å²) < 4.78 is 1.03. The first kappa shape index (κ1) is 18.0. The van der Waals surface area contributed by atoms with E-state index in [0.29, 0.717) is 0 Å². The van der Waals surface area contributed by atoms with E-state index in [1.807, 2.05) is 17.0 Å². The molecule has 5 heteroatoms. The van der Waals surface area contributed by atoms with Crippen LogP contribution in [0.4, 0.5) is 5.69 Å². The van der Waals surface area contributed by atoms with Crippen molar-refractivity contribution in [3.05, 3.63) is 28.2 Å². The molecule has 1 amide bonds. The molecule has 0 aliphatic rings. The molecule has 1 rings (SSSR count). The van der Waals surface area contributed by atoms with E-state index in [1.165, 1.54) is 0 Å². The van der Waals surface area contributed by atoms with Crippen LogP contribution in [0.5, 0.6) is 0 Å². The molecule has 4 nitrogen and oxygen atoms in total. The van der Waals surface area contributed by atoms with Gasteiger partial charge >= 0.3 is 0 Å². The molecule has 0 fully saturated rings. The molecule has 0 bridgehead atoms. The van der Waals surface area contributed by atoms with E-state index in [0.717, 1.165) is 22.3 Å². The van der Waals surface area contributed by atoms with E-state index >= 15 is 0 Å². The molecule has 1 aromatic rings. The summed E-state index contributed by atoms with van der Waals surface area (Å²) in [7, 11) is 0. The van der Waals surface area contributed by atoms with Crippen molar-refractivity contribution in [2.24, 2.45) is 5.73 Å². The van der Waals surface area contributed by atoms with Crippen molar-refractivity contribution < 1.29 is 4.79 Å². The number of anilines is 1. The molecule has 118 valence electrons. The van der Waals surface area contributed by atoms with Crippen molar-refractivity contribution in [2.75, 3.05) is 11.4 Å². The number of nitrogens with one attached hydrogen (secondary N) is 1. The molecule has 0 atom stereocenters. The number of nitrogens with zero attached hydrogens (tertiary/aromatic N) is 1. The van der Waals surface area contributed by atoms with Gasteiger partial charge in [-0.3, -0.25) is 4.79 Å². The second-order valence-electron chi connectivity index (χ2n) is 6.56. The first-order chi connectivity index (χ1) is 9.60. The molecular formula is C16H26BrN3O. The van der Waals surface area contributed by atoms with Crippen LogP contribution in [0.3, 0.4) is 0 Å². The Bertz CT molecular complexity index is 495. The average molecular weight is 356 g/mol. The topological polar surface area (TPSA) is 58.4 Å². The van der Waals surface area contributed by atoms with Crippen LogP contribution in [0, 0.1) is 0 Å². The van der Waals surface area contributed by atoms with Gasteiger partial charge in [0.2, 0.25) is 5.91 Å². The Balaban J connectivity index is 3.11. The Morgan fingerprint density at radius 2 is 2.00 bits per heavy atom. The number of hydrogen-bond acceptors (Lipinski definition) is 3. The Morgan fingerprint density at radius 3 is 2.48 bits per heavy atom. The van der Waals surface area contributed by atoms with Gasteiger partial charge in [-0.25, -0.2) is 0 Å². The van der Waals surface area contributed by atoms with Crippen LogP contribution in [0.2, 0.25) is 0 Å². The van der Waals surface area contributed by atoms with Crippen LogP contribution in [0.1, 0.15) is 40.2 Å². The maximum absolute atomic E-state index is 11.3. The van der Waals surface area contributed by atoms with Gasteiger partial charge in [-0.2, -0.15) is 0 Å². The highest BCUT2D eigenvalue weighted by Gasteiger charge is 2.18. The molecule has 0 saturated heterocycles. The van der Waals surface area contributed by atoms with Crippen LogP contribution in [-0.4, -0.2) is 24.0 Å². The number of carbonyl (C=O) groups excluding carboxylic acids is 1. The Labute approximate surface area is 136 Å². The lowest BCUT2D eigenvalue weighted by Gasteiger charge is -2.31. The maximum atomic E-state index is 11.3. The van der Waals surface area contributed by atoms with Crippen molar-refractivity contribution in [1.82, 2.24) is 5.32 Å². The van der Waals surface area contributed by atoms with Crippen molar-refractivity contribution in [1.29, 1.82) is 0 Å². The van der Waals surface area contributed by atoms with E-state index in [4.69, 9.17) is 5.73 Å². The summed E-state index contributed by atoms with van der Waals surface area (Å²) >= 11 is 3.52. The predicted molar refractivity (Wildman–Crippen MR) is 92.4 cm³/mol. The summed E-state index contributed by atoms with van der Waals surface area (Å²) in [5.74, 6) is -0.318. The van der Waals surface area contributed by atoms with E-state index in [2.05, 4.69) is 61.9 Å². The van der Waals surface area contributed by atoms with Gasteiger partial charge in [-0.15, -0.1) is 0 Å². The van der Waals surface area contributed by atoms with Gasteiger partial charge in [0.05, 0.1) is 6.54 Å². The number of hydrogen-bond donors (Lipinski definition) is 2. The highest BCUT2D eigenvalue weighted by Crippen LogP contribution is 2.26. The number of rotatable bonds is 6. The molecule has 0 saturated carbocycles. The highest BCUT2D eigenvalue weighted by molar-refractivity contribution is 9.10. The minimum absolute atomic E-state index is 0.0337. The lowest BCUT2D eigenvalue weighted by Crippen LogP contribution is -2.40. The Hall–Kier alpha value is -1.07. The molecule has 21 heavy (non-hydrogen) atoms. The molecule has 0 spiro atoms. The molecule has 0 heterocycles. The fraction of sp³-hybridized carbons (Fsp3) is 0.562. The molecule has 3 N–H and O–H groups in total. The van der Waals surface area contributed by atoms with E-state index < -0.39 is 0 Å². The SMILES string of the molecule is CC(C)N(CC(N)=O)c1ccc(Br)cc1CNC(C)(C)C. The van der Waals surface area contributed by atoms with Gasteiger partial charge in [0.15, 0.2) is 0 Å². The fourth-order valence-electron chi connectivity index (χ4n) is 2.05. The van der Waals surface area contributed by atoms with E-state index in [1.54, 1.807) is 0 Å². The highest BCUT2D eigenvalue weighted by atomic mass is 79.9. The van der Waals surface area contributed by atoms with Gasteiger partial charge < -0.3 is 16.0 Å². The Morgan fingerprint density at radius 1 is 1.38 bits per heavy atom. The number of benzene rings is 1. The first-order valence-corrected chi connectivity index (χ1v) is 7.98. The van der Waals surface area contributed by atoms with Crippen LogP contribution in [0.15, 0.2) is 22.7 Å². The number of halogens is 1. The van der Waals surface area contributed by atoms with E-state index in [9.17, 15) is 4.79 Å². The van der Waals surface area contributed by atoms with Crippen molar-refractivity contribution in [3.8, 4) is 0 Å².